The molecule has 0 aromatic heterocycles. The van der Waals surface area contributed by atoms with E-state index in [9.17, 15) is 9.18 Å². The zero-order valence-electron chi connectivity index (χ0n) is 12.8. The zero-order chi connectivity index (χ0) is 16.2. The van der Waals surface area contributed by atoms with Crippen molar-refractivity contribution in [3.63, 3.8) is 0 Å². The molecule has 0 aliphatic carbocycles. The highest BCUT2D eigenvalue weighted by Gasteiger charge is 2.24. The van der Waals surface area contributed by atoms with Crippen molar-refractivity contribution in [2.45, 2.75) is 18.9 Å². The summed E-state index contributed by atoms with van der Waals surface area (Å²) < 4.78 is 24.2. The van der Waals surface area contributed by atoms with Gasteiger partial charge in [-0.2, -0.15) is 0 Å². The summed E-state index contributed by atoms with van der Waals surface area (Å²) in [6, 6.07) is 11.5. The van der Waals surface area contributed by atoms with E-state index in [-0.39, 0.29) is 24.2 Å². The van der Waals surface area contributed by atoms with Gasteiger partial charge in [0, 0.05) is 17.5 Å². The van der Waals surface area contributed by atoms with Gasteiger partial charge in [0.15, 0.2) is 0 Å². The van der Waals surface area contributed by atoms with Crippen LogP contribution in [-0.4, -0.2) is 19.6 Å². The SMILES string of the molecule is COc1ccccc1CC(=O)NC1CCOc2ccc(F)cc21. The number of benzene rings is 2. The molecule has 0 radical (unpaired) electrons. The second-order valence-corrected chi connectivity index (χ2v) is 5.43. The molecule has 23 heavy (non-hydrogen) atoms. The van der Waals surface area contributed by atoms with Crippen molar-refractivity contribution >= 4 is 5.91 Å². The number of hydrogen-bond acceptors (Lipinski definition) is 3. The summed E-state index contributed by atoms with van der Waals surface area (Å²) in [5.74, 6) is 0.844. The number of fused-ring (bicyclic) bond motifs is 1. The lowest BCUT2D eigenvalue weighted by atomic mass is 10.00. The molecule has 1 aliphatic heterocycles. The average molecular weight is 315 g/mol. The molecular formula is C18H18FNO3. The van der Waals surface area contributed by atoms with Crippen molar-refractivity contribution in [3.8, 4) is 11.5 Å². The highest BCUT2D eigenvalue weighted by atomic mass is 19.1. The Morgan fingerprint density at radius 3 is 3.00 bits per heavy atom. The highest BCUT2D eigenvalue weighted by molar-refractivity contribution is 5.80. The Bertz CT molecular complexity index is 717. The molecule has 1 aliphatic rings. The number of carbonyl (C=O) groups excluding carboxylic acids is 1. The minimum absolute atomic E-state index is 0.128. The third-order valence-corrected chi connectivity index (χ3v) is 3.89. The molecule has 3 rings (SSSR count). The van der Waals surface area contributed by atoms with Crippen LogP contribution in [0.5, 0.6) is 11.5 Å². The zero-order valence-corrected chi connectivity index (χ0v) is 12.8. The van der Waals surface area contributed by atoms with E-state index in [4.69, 9.17) is 9.47 Å². The van der Waals surface area contributed by atoms with Crippen molar-refractivity contribution in [1.29, 1.82) is 0 Å². The molecule has 1 N–H and O–H groups in total. The van der Waals surface area contributed by atoms with Gasteiger partial charge in [0.05, 0.1) is 26.2 Å². The van der Waals surface area contributed by atoms with Crippen molar-refractivity contribution < 1.29 is 18.7 Å². The Balaban J connectivity index is 1.73. The Labute approximate surface area is 134 Å². The normalized spacial score (nSPS) is 16.2. The van der Waals surface area contributed by atoms with Gasteiger partial charge in [0.2, 0.25) is 5.91 Å². The van der Waals surface area contributed by atoms with Gasteiger partial charge in [0.25, 0.3) is 0 Å². The molecule has 0 saturated heterocycles. The first-order chi connectivity index (χ1) is 11.2. The number of nitrogens with one attached hydrogen (secondary N) is 1. The van der Waals surface area contributed by atoms with Crippen LogP contribution in [0.1, 0.15) is 23.6 Å². The third-order valence-electron chi connectivity index (χ3n) is 3.89. The Morgan fingerprint density at radius 2 is 2.17 bits per heavy atom. The minimum Gasteiger partial charge on any atom is -0.496 e. The van der Waals surface area contributed by atoms with Gasteiger partial charge in [-0.15, -0.1) is 0 Å². The van der Waals surface area contributed by atoms with Crippen molar-refractivity contribution in [3.05, 3.63) is 59.4 Å². The molecule has 1 heterocycles. The Morgan fingerprint density at radius 1 is 1.35 bits per heavy atom. The minimum atomic E-state index is -0.335. The molecule has 1 unspecified atom stereocenters. The van der Waals surface area contributed by atoms with Crippen LogP contribution < -0.4 is 14.8 Å². The van der Waals surface area contributed by atoms with Crippen molar-refractivity contribution in [2.75, 3.05) is 13.7 Å². The van der Waals surface area contributed by atoms with E-state index in [1.807, 2.05) is 24.3 Å². The van der Waals surface area contributed by atoms with Gasteiger partial charge in [-0.05, 0) is 24.3 Å². The smallest absolute Gasteiger partial charge is 0.225 e. The van der Waals surface area contributed by atoms with Crippen LogP contribution >= 0.6 is 0 Å². The van der Waals surface area contributed by atoms with Crippen LogP contribution in [0, 0.1) is 5.82 Å². The molecule has 0 fully saturated rings. The number of methoxy groups -OCH3 is 1. The first-order valence-corrected chi connectivity index (χ1v) is 7.51. The van der Waals surface area contributed by atoms with E-state index < -0.39 is 0 Å². The molecule has 5 heteroatoms. The second kappa shape index (κ2) is 6.69. The summed E-state index contributed by atoms with van der Waals surface area (Å²) in [4.78, 5) is 12.3. The fourth-order valence-corrected chi connectivity index (χ4v) is 2.78. The topological polar surface area (TPSA) is 47.6 Å². The monoisotopic (exact) mass is 315 g/mol. The molecule has 4 nitrogen and oxygen atoms in total. The molecule has 2 aromatic carbocycles. The van der Waals surface area contributed by atoms with E-state index in [1.165, 1.54) is 12.1 Å². The van der Waals surface area contributed by atoms with Crippen LogP contribution in [0.3, 0.4) is 0 Å². The molecule has 120 valence electrons. The van der Waals surface area contributed by atoms with Crippen LogP contribution in [-0.2, 0) is 11.2 Å². The van der Waals surface area contributed by atoms with Crippen LogP contribution in [0.25, 0.3) is 0 Å². The number of ether oxygens (including phenoxy) is 2. The standard InChI is InChI=1S/C18H18FNO3/c1-22-16-5-3-2-4-12(16)10-18(21)20-15-8-9-23-17-7-6-13(19)11-14(15)17/h2-7,11,15H,8-10H2,1H3,(H,20,21). The van der Waals surface area contributed by atoms with Gasteiger partial charge >= 0.3 is 0 Å². The van der Waals surface area contributed by atoms with Gasteiger partial charge < -0.3 is 14.8 Å². The summed E-state index contributed by atoms with van der Waals surface area (Å²) in [7, 11) is 1.58. The van der Waals surface area contributed by atoms with Crippen LogP contribution in [0.2, 0.25) is 0 Å². The van der Waals surface area contributed by atoms with E-state index in [1.54, 1.807) is 13.2 Å². The molecule has 2 aromatic rings. The fraction of sp³-hybridized carbons (Fsp3) is 0.278. The lowest BCUT2D eigenvalue weighted by Crippen LogP contribution is -2.33. The predicted octanol–water partition coefficient (Wildman–Crippen LogP) is 3.02. The Hall–Kier alpha value is -2.56. The molecule has 0 saturated carbocycles. The molecule has 1 amide bonds. The largest absolute Gasteiger partial charge is 0.496 e. The average Bonchev–Trinajstić information content (AvgIpc) is 2.56. The lowest BCUT2D eigenvalue weighted by Gasteiger charge is -2.26. The number of para-hydroxylation sites is 1. The molecule has 0 bridgehead atoms. The van der Waals surface area contributed by atoms with Crippen molar-refractivity contribution in [2.24, 2.45) is 0 Å². The molecular weight excluding hydrogens is 297 g/mol. The van der Waals surface area contributed by atoms with E-state index >= 15 is 0 Å². The fourth-order valence-electron chi connectivity index (χ4n) is 2.78. The number of halogens is 1. The molecule has 1 atom stereocenters. The number of rotatable bonds is 4. The maximum absolute atomic E-state index is 13.5. The number of hydrogen-bond donors (Lipinski definition) is 1. The summed E-state index contributed by atoms with van der Waals surface area (Å²) in [6.07, 6.45) is 0.833. The highest BCUT2D eigenvalue weighted by Crippen LogP contribution is 2.32. The summed E-state index contributed by atoms with van der Waals surface area (Å²) >= 11 is 0. The number of amides is 1. The second-order valence-electron chi connectivity index (χ2n) is 5.43. The summed E-state index contributed by atoms with van der Waals surface area (Å²) in [6.45, 7) is 0.498. The van der Waals surface area contributed by atoms with Crippen LogP contribution in [0.4, 0.5) is 4.39 Å². The van der Waals surface area contributed by atoms with E-state index in [0.717, 1.165) is 5.56 Å². The first-order valence-electron chi connectivity index (χ1n) is 7.51. The third kappa shape index (κ3) is 3.44. The van der Waals surface area contributed by atoms with Gasteiger partial charge in [0.1, 0.15) is 17.3 Å². The van der Waals surface area contributed by atoms with E-state index in [2.05, 4.69) is 5.32 Å². The van der Waals surface area contributed by atoms with Crippen molar-refractivity contribution in [1.82, 2.24) is 5.32 Å². The lowest BCUT2D eigenvalue weighted by molar-refractivity contribution is -0.121. The van der Waals surface area contributed by atoms with Gasteiger partial charge in [-0.3, -0.25) is 4.79 Å². The first kappa shape index (κ1) is 15.3. The quantitative estimate of drug-likeness (QED) is 0.943. The van der Waals surface area contributed by atoms with Gasteiger partial charge in [-0.25, -0.2) is 4.39 Å². The maximum Gasteiger partial charge on any atom is 0.225 e. The van der Waals surface area contributed by atoms with Gasteiger partial charge in [-0.1, -0.05) is 18.2 Å². The Kier molecular flexibility index (Phi) is 4.46. The summed E-state index contributed by atoms with van der Waals surface area (Å²) in [5.41, 5.74) is 1.50. The predicted molar refractivity (Wildman–Crippen MR) is 84.1 cm³/mol. The number of carbonyl (C=O) groups is 1. The molecule has 0 spiro atoms. The van der Waals surface area contributed by atoms with E-state index in [0.29, 0.717) is 30.1 Å². The summed E-state index contributed by atoms with van der Waals surface area (Å²) in [5, 5.41) is 2.96. The maximum atomic E-state index is 13.5. The van der Waals surface area contributed by atoms with Crippen LogP contribution in [0.15, 0.2) is 42.5 Å².